The number of benzene rings is 2. The third-order valence-corrected chi connectivity index (χ3v) is 3.99. The molecule has 0 amide bonds. The summed E-state index contributed by atoms with van der Waals surface area (Å²) in [5, 5.41) is 10.2. The molecule has 0 bridgehead atoms. The van der Waals surface area contributed by atoms with Gasteiger partial charge in [0, 0.05) is 5.56 Å². The van der Waals surface area contributed by atoms with E-state index in [9.17, 15) is 5.11 Å². The summed E-state index contributed by atoms with van der Waals surface area (Å²) in [6.45, 7) is 0.504. The van der Waals surface area contributed by atoms with Gasteiger partial charge in [-0.1, -0.05) is 48.5 Å². The lowest BCUT2D eigenvalue weighted by atomic mass is 9.98. The zero-order valence-corrected chi connectivity index (χ0v) is 12.0. The number of hydrogen-bond acceptors (Lipinski definition) is 3. The van der Waals surface area contributed by atoms with E-state index in [1.54, 1.807) is 0 Å². The summed E-state index contributed by atoms with van der Waals surface area (Å²) < 4.78 is 5.90. The highest BCUT2D eigenvalue weighted by Gasteiger charge is 2.35. The van der Waals surface area contributed by atoms with Crippen molar-refractivity contribution in [2.45, 2.75) is 31.6 Å². The van der Waals surface area contributed by atoms with E-state index in [-0.39, 0.29) is 6.04 Å². The average molecular weight is 283 g/mol. The molecular formula is C18H21NO2. The van der Waals surface area contributed by atoms with Crippen LogP contribution < -0.4 is 10.5 Å². The third kappa shape index (κ3) is 3.43. The van der Waals surface area contributed by atoms with Gasteiger partial charge in [0.25, 0.3) is 0 Å². The fraction of sp³-hybridized carbons (Fsp3) is 0.333. The second-order valence-corrected chi connectivity index (χ2v) is 5.67. The largest absolute Gasteiger partial charge is 0.489 e. The summed E-state index contributed by atoms with van der Waals surface area (Å²) in [5.41, 5.74) is 8.22. The van der Waals surface area contributed by atoms with Gasteiger partial charge in [-0.2, -0.15) is 0 Å². The summed E-state index contributed by atoms with van der Waals surface area (Å²) in [6.07, 6.45) is 1.66. The van der Waals surface area contributed by atoms with E-state index in [1.807, 2.05) is 54.6 Å². The monoisotopic (exact) mass is 283 g/mol. The first kappa shape index (κ1) is 14.1. The van der Waals surface area contributed by atoms with Crippen LogP contribution in [-0.2, 0) is 6.61 Å². The Morgan fingerprint density at radius 3 is 2.43 bits per heavy atom. The van der Waals surface area contributed by atoms with Crippen LogP contribution in [0.15, 0.2) is 54.6 Å². The van der Waals surface area contributed by atoms with Crippen molar-refractivity contribution in [2.24, 2.45) is 11.7 Å². The minimum atomic E-state index is -0.480. The number of rotatable bonds is 6. The fourth-order valence-electron chi connectivity index (χ4n) is 2.54. The lowest BCUT2D eigenvalue weighted by Gasteiger charge is -2.21. The molecule has 2 aromatic carbocycles. The second-order valence-electron chi connectivity index (χ2n) is 5.67. The van der Waals surface area contributed by atoms with E-state index in [0.29, 0.717) is 12.5 Å². The minimum Gasteiger partial charge on any atom is -0.489 e. The zero-order valence-electron chi connectivity index (χ0n) is 12.0. The van der Waals surface area contributed by atoms with Crippen LogP contribution >= 0.6 is 0 Å². The summed E-state index contributed by atoms with van der Waals surface area (Å²) >= 11 is 0. The molecule has 0 radical (unpaired) electrons. The van der Waals surface area contributed by atoms with E-state index in [4.69, 9.17) is 10.5 Å². The number of ether oxygens (including phenoxy) is 1. The first-order valence-corrected chi connectivity index (χ1v) is 7.45. The van der Waals surface area contributed by atoms with Crippen LogP contribution in [0.3, 0.4) is 0 Å². The molecule has 0 aromatic heterocycles. The van der Waals surface area contributed by atoms with Crippen molar-refractivity contribution in [3.63, 3.8) is 0 Å². The van der Waals surface area contributed by atoms with Crippen molar-refractivity contribution >= 4 is 0 Å². The van der Waals surface area contributed by atoms with Gasteiger partial charge in [-0.3, -0.25) is 0 Å². The average Bonchev–Trinajstić information content (AvgIpc) is 3.38. The van der Waals surface area contributed by atoms with Gasteiger partial charge in [0.1, 0.15) is 12.4 Å². The molecule has 3 nitrogen and oxygen atoms in total. The Balaban J connectivity index is 1.72. The van der Waals surface area contributed by atoms with Gasteiger partial charge >= 0.3 is 0 Å². The molecule has 2 aromatic rings. The Kier molecular flexibility index (Phi) is 4.23. The number of aliphatic hydroxyl groups excluding tert-OH is 1. The fourth-order valence-corrected chi connectivity index (χ4v) is 2.54. The van der Waals surface area contributed by atoms with Crippen molar-refractivity contribution in [1.29, 1.82) is 0 Å². The van der Waals surface area contributed by atoms with E-state index >= 15 is 0 Å². The van der Waals surface area contributed by atoms with Crippen molar-refractivity contribution < 1.29 is 9.84 Å². The summed E-state index contributed by atoms with van der Waals surface area (Å²) in [7, 11) is 0. The van der Waals surface area contributed by atoms with Gasteiger partial charge in [-0.05, 0) is 30.4 Å². The van der Waals surface area contributed by atoms with Crippen molar-refractivity contribution in [2.75, 3.05) is 0 Å². The van der Waals surface area contributed by atoms with E-state index in [1.165, 1.54) is 0 Å². The summed E-state index contributed by atoms with van der Waals surface area (Å²) in [5.74, 6) is 1.11. The maximum Gasteiger partial charge on any atom is 0.124 e. The maximum atomic E-state index is 10.2. The van der Waals surface area contributed by atoms with E-state index in [0.717, 1.165) is 29.7 Å². The molecule has 0 spiro atoms. The van der Waals surface area contributed by atoms with Crippen LogP contribution in [0.4, 0.5) is 0 Å². The van der Waals surface area contributed by atoms with Crippen LogP contribution in [0.25, 0.3) is 0 Å². The van der Waals surface area contributed by atoms with E-state index < -0.39 is 6.10 Å². The summed E-state index contributed by atoms with van der Waals surface area (Å²) in [6, 6.07) is 17.4. The molecule has 2 atom stereocenters. The first-order chi connectivity index (χ1) is 10.3. The van der Waals surface area contributed by atoms with Crippen LogP contribution in [0.5, 0.6) is 5.75 Å². The molecule has 1 aliphatic rings. The Bertz CT molecular complexity index is 581. The third-order valence-electron chi connectivity index (χ3n) is 3.99. The van der Waals surface area contributed by atoms with E-state index in [2.05, 4.69) is 0 Å². The molecule has 0 aliphatic heterocycles. The molecule has 21 heavy (non-hydrogen) atoms. The Hall–Kier alpha value is -1.84. The van der Waals surface area contributed by atoms with Gasteiger partial charge in [-0.15, -0.1) is 0 Å². The van der Waals surface area contributed by atoms with Crippen molar-refractivity contribution in [1.82, 2.24) is 0 Å². The highest BCUT2D eigenvalue weighted by molar-refractivity contribution is 5.37. The molecule has 0 unspecified atom stereocenters. The topological polar surface area (TPSA) is 55.5 Å². The normalized spacial score (nSPS) is 17.2. The molecule has 1 saturated carbocycles. The van der Waals surface area contributed by atoms with Crippen LogP contribution in [0.2, 0.25) is 0 Å². The van der Waals surface area contributed by atoms with Gasteiger partial charge in [-0.25, -0.2) is 0 Å². The highest BCUT2D eigenvalue weighted by atomic mass is 16.5. The molecule has 0 heterocycles. The number of nitrogens with two attached hydrogens (primary N) is 1. The smallest absolute Gasteiger partial charge is 0.124 e. The molecule has 0 saturated heterocycles. The van der Waals surface area contributed by atoms with Gasteiger partial charge in [0.15, 0.2) is 0 Å². The molecule has 3 rings (SSSR count). The van der Waals surface area contributed by atoms with Gasteiger partial charge in [0.05, 0.1) is 12.1 Å². The number of hydrogen-bond donors (Lipinski definition) is 2. The predicted molar refractivity (Wildman–Crippen MR) is 82.9 cm³/mol. The first-order valence-electron chi connectivity index (χ1n) is 7.45. The van der Waals surface area contributed by atoms with Crippen LogP contribution in [0, 0.1) is 5.92 Å². The maximum absolute atomic E-state index is 10.2. The summed E-state index contributed by atoms with van der Waals surface area (Å²) in [4.78, 5) is 0. The Labute approximate surface area is 125 Å². The quantitative estimate of drug-likeness (QED) is 0.856. The SMILES string of the molecule is N[C@@H](c1ccccc1OCc1ccccc1)[C@H](O)C1CC1. The van der Waals surface area contributed by atoms with Crippen molar-refractivity contribution in [3.05, 3.63) is 65.7 Å². The molecule has 1 aliphatic carbocycles. The number of para-hydroxylation sites is 1. The predicted octanol–water partition coefficient (Wildman–Crippen LogP) is 3.04. The van der Waals surface area contributed by atoms with Crippen LogP contribution in [-0.4, -0.2) is 11.2 Å². The molecule has 110 valence electrons. The molecule has 3 N–H and O–H groups in total. The lowest BCUT2D eigenvalue weighted by molar-refractivity contribution is 0.120. The Morgan fingerprint density at radius 2 is 1.71 bits per heavy atom. The van der Waals surface area contributed by atoms with Gasteiger partial charge in [0.2, 0.25) is 0 Å². The van der Waals surface area contributed by atoms with Gasteiger partial charge < -0.3 is 15.6 Å². The lowest BCUT2D eigenvalue weighted by Crippen LogP contribution is -2.28. The van der Waals surface area contributed by atoms with Crippen molar-refractivity contribution in [3.8, 4) is 5.75 Å². The highest BCUT2D eigenvalue weighted by Crippen LogP contribution is 2.39. The minimum absolute atomic E-state index is 0.349. The molecular weight excluding hydrogens is 262 g/mol. The Morgan fingerprint density at radius 1 is 1.05 bits per heavy atom. The zero-order chi connectivity index (χ0) is 14.7. The molecule has 3 heteroatoms. The van der Waals surface area contributed by atoms with Crippen LogP contribution in [0.1, 0.15) is 30.0 Å². The number of aliphatic hydroxyl groups is 1. The standard InChI is InChI=1S/C18H21NO2/c19-17(18(20)14-10-11-14)15-8-4-5-9-16(15)21-12-13-6-2-1-3-7-13/h1-9,14,17-18,20H,10-12,19H2/t17-,18+/m0/s1. The second kappa shape index (κ2) is 6.29. The molecule has 1 fully saturated rings.